The number of hydrogen-bond acceptors (Lipinski definition) is 5. The lowest BCUT2D eigenvalue weighted by Crippen LogP contribution is -2.63. The molecule has 3 N–H and O–H groups in total. The van der Waals surface area contributed by atoms with Crippen LogP contribution in [0.4, 0.5) is 0 Å². The van der Waals surface area contributed by atoms with E-state index < -0.39 is 0 Å². The molecule has 0 amide bonds. The number of carbonyl (C=O) groups excluding carboxylic acids is 1. The van der Waals surface area contributed by atoms with E-state index in [9.17, 15) is 9.90 Å². The van der Waals surface area contributed by atoms with Crippen LogP contribution in [0, 0.1) is 40.4 Å². The van der Waals surface area contributed by atoms with Gasteiger partial charge in [-0.1, -0.05) is 20.3 Å². The molecule has 33 heavy (non-hydrogen) atoms. The maximum absolute atomic E-state index is 13.4. The zero-order valence-corrected chi connectivity index (χ0v) is 21.1. The molecule has 5 aliphatic rings. The summed E-state index contributed by atoms with van der Waals surface area (Å²) in [7, 11) is 0. The molecule has 188 valence electrons. The Balaban J connectivity index is 1.35. The van der Waals surface area contributed by atoms with Gasteiger partial charge in [-0.15, -0.1) is 0 Å². The van der Waals surface area contributed by atoms with Crippen LogP contribution in [0.2, 0.25) is 0 Å². The molecule has 5 nitrogen and oxygen atoms in total. The van der Waals surface area contributed by atoms with Crippen LogP contribution >= 0.6 is 0 Å². The SMILES string of the molecule is CCOC1C[C@@]2(C)C(CC[C@@H]3[C@H]2C(N)C[C@]2(C)C(C(=O)OC4CCCCC4)CC[C@@H]32)CC1O. The van der Waals surface area contributed by atoms with Gasteiger partial charge in [0.05, 0.1) is 18.1 Å². The van der Waals surface area contributed by atoms with Crippen molar-refractivity contribution in [1.82, 2.24) is 0 Å². The standard InChI is InChI=1S/C28H47NO4/c1-4-32-24-16-27(2)17(14-23(24)30)10-11-19-20-12-13-21(28(20,3)15-22(29)25(19)27)26(31)33-18-8-6-5-7-9-18/h17-25,30H,4-16,29H2,1-3H3/t17?,19-,20-,21?,22?,23?,24?,25-,27-,28-/m0/s1. The molecule has 5 aliphatic carbocycles. The summed E-state index contributed by atoms with van der Waals surface area (Å²) in [4.78, 5) is 13.4. The molecular weight excluding hydrogens is 414 g/mol. The van der Waals surface area contributed by atoms with Crippen molar-refractivity contribution in [3.05, 3.63) is 0 Å². The van der Waals surface area contributed by atoms with Crippen molar-refractivity contribution in [1.29, 1.82) is 0 Å². The molecule has 0 spiro atoms. The third-order valence-corrected chi connectivity index (χ3v) is 11.2. The molecule has 5 unspecified atom stereocenters. The van der Waals surface area contributed by atoms with E-state index in [1.807, 2.05) is 6.92 Å². The van der Waals surface area contributed by atoms with E-state index in [1.54, 1.807) is 0 Å². The van der Waals surface area contributed by atoms with Crippen molar-refractivity contribution in [2.45, 2.75) is 122 Å². The number of fused-ring (bicyclic) bond motifs is 5. The number of nitrogens with two attached hydrogens (primary N) is 1. The van der Waals surface area contributed by atoms with Crippen molar-refractivity contribution in [3.8, 4) is 0 Å². The van der Waals surface area contributed by atoms with E-state index in [0.717, 1.165) is 44.9 Å². The van der Waals surface area contributed by atoms with Crippen molar-refractivity contribution < 1.29 is 19.4 Å². The summed E-state index contributed by atoms with van der Waals surface area (Å²) in [6, 6.07) is 0.102. The Morgan fingerprint density at radius 3 is 2.48 bits per heavy atom. The van der Waals surface area contributed by atoms with E-state index in [1.165, 1.54) is 32.1 Å². The number of rotatable bonds is 4. The van der Waals surface area contributed by atoms with Crippen LogP contribution in [0.15, 0.2) is 0 Å². The highest BCUT2D eigenvalue weighted by Crippen LogP contribution is 2.67. The molecule has 0 saturated heterocycles. The quantitative estimate of drug-likeness (QED) is 0.586. The Morgan fingerprint density at radius 2 is 1.76 bits per heavy atom. The lowest BCUT2D eigenvalue weighted by atomic mass is 9.43. The second kappa shape index (κ2) is 9.09. The molecule has 5 rings (SSSR count). The Morgan fingerprint density at radius 1 is 1.00 bits per heavy atom. The minimum atomic E-state index is -0.352. The van der Waals surface area contributed by atoms with Crippen molar-refractivity contribution >= 4 is 5.97 Å². The molecule has 10 atom stereocenters. The number of hydrogen-bond donors (Lipinski definition) is 2. The van der Waals surface area contributed by atoms with E-state index in [4.69, 9.17) is 15.2 Å². The predicted octanol–water partition coefficient (Wildman–Crippen LogP) is 4.83. The second-order valence-corrected chi connectivity index (χ2v) is 12.8. The van der Waals surface area contributed by atoms with Crippen molar-refractivity contribution in [3.63, 3.8) is 0 Å². The summed E-state index contributed by atoms with van der Waals surface area (Å²) in [5.41, 5.74) is 7.14. The Kier molecular flexibility index (Phi) is 6.63. The van der Waals surface area contributed by atoms with Gasteiger partial charge >= 0.3 is 5.97 Å². The number of ether oxygens (including phenoxy) is 2. The first-order valence-electron chi connectivity index (χ1n) is 14.0. The van der Waals surface area contributed by atoms with Gasteiger partial charge < -0.3 is 20.3 Å². The molecule has 0 aromatic rings. The molecule has 0 aromatic heterocycles. The van der Waals surface area contributed by atoms with Gasteiger partial charge in [-0.05, 0) is 112 Å². The van der Waals surface area contributed by atoms with Gasteiger partial charge in [-0.2, -0.15) is 0 Å². The average molecular weight is 462 g/mol. The van der Waals surface area contributed by atoms with Gasteiger partial charge in [0.1, 0.15) is 6.10 Å². The number of esters is 1. The molecule has 5 saturated carbocycles. The van der Waals surface area contributed by atoms with E-state index in [0.29, 0.717) is 30.3 Å². The summed E-state index contributed by atoms with van der Waals surface area (Å²) in [6.45, 7) is 7.47. The van der Waals surface area contributed by atoms with E-state index in [2.05, 4.69) is 13.8 Å². The lowest BCUT2D eigenvalue weighted by Gasteiger charge is -2.63. The van der Waals surface area contributed by atoms with Crippen LogP contribution in [0.5, 0.6) is 0 Å². The van der Waals surface area contributed by atoms with E-state index in [-0.39, 0.29) is 47.1 Å². The van der Waals surface area contributed by atoms with Gasteiger partial charge in [0.25, 0.3) is 0 Å². The Bertz CT molecular complexity index is 723. The first-order valence-corrected chi connectivity index (χ1v) is 14.0. The summed E-state index contributed by atoms with van der Waals surface area (Å²) in [6.07, 6.45) is 12.6. The smallest absolute Gasteiger partial charge is 0.309 e. The van der Waals surface area contributed by atoms with Crippen LogP contribution in [0.3, 0.4) is 0 Å². The third kappa shape index (κ3) is 3.98. The highest BCUT2D eigenvalue weighted by Gasteiger charge is 2.64. The summed E-state index contributed by atoms with van der Waals surface area (Å²) < 4.78 is 12.1. The molecular formula is C28H47NO4. The number of aliphatic hydroxyl groups excluding tert-OH is 1. The lowest BCUT2D eigenvalue weighted by molar-refractivity contribution is -0.181. The predicted molar refractivity (Wildman–Crippen MR) is 128 cm³/mol. The number of aliphatic hydroxyl groups is 1. The first kappa shape index (κ1) is 24.1. The van der Waals surface area contributed by atoms with Crippen molar-refractivity contribution in [2.75, 3.05) is 6.61 Å². The maximum atomic E-state index is 13.4. The molecule has 0 bridgehead atoms. The van der Waals surface area contributed by atoms with Gasteiger partial charge in [0.15, 0.2) is 0 Å². The summed E-state index contributed by atoms with van der Waals surface area (Å²) in [5, 5.41) is 10.7. The first-order chi connectivity index (χ1) is 15.8. The average Bonchev–Trinajstić information content (AvgIpc) is 3.12. The highest BCUT2D eigenvalue weighted by atomic mass is 16.5. The maximum Gasteiger partial charge on any atom is 0.309 e. The van der Waals surface area contributed by atoms with E-state index >= 15 is 0 Å². The van der Waals surface area contributed by atoms with Gasteiger partial charge in [0, 0.05) is 12.6 Å². The second-order valence-electron chi connectivity index (χ2n) is 12.8. The largest absolute Gasteiger partial charge is 0.462 e. The minimum Gasteiger partial charge on any atom is -0.462 e. The molecule has 0 aliphatic heterocycles. The third-order valence-electron chi connectivity index (χ3n) is 11.2. The number of carbonyl (C=O) groups is 1. The Hall–Kier alpha value is -0.650. The van der Waals surface area contributed by atoms with Crippen LogP contribution in [0.25, 0.3) is 0 Å². The fourth-order valence-corrected chi connectivity index (χ4v) is 9.72. The van der Waals surface area contributed by atoms with Crippen LogP contribution in [-0.4, -0.2) is 42.0 Å². The van der Waals surface area contributed by atoms with Gasteiger partial charge in [0.2, 0.25) is 0 Å². The summed E-state index contributed by atoms with van der Waals surface area (Å²) in [5.74, 6) is 2.18. The fourth-order valence-electron chi connectivity index (χ4n) is 9.72. The molecule has 0 radical (unpaired) electrons. The fraction of sp³-hybridized carbons (Fsp3) is 0.964. The molecule has 5 fully saturated rings. The highest BCUT2D eigenvalue weighted by molar-refractivity contribution is 5.74. The van der Waals surface area contributed by atoms with Gasteiger partial charge in [-0.25, -0.2) is 0 Å². The molecule has 0 heterocycles. The monoisotopic (exact) mass is 461 g/mol. The topological polar surface area (TPSA) is 81.8 Å². The van der Waals surface area contributed by atoms with Crippen LogP contribution in [-0.2, 0) is 14.3 Å². The summed E-state index contributed by atoms with van der Waals surface area (Å²) >= 11 is 0. The van der Waals surface area contributed by atoms with Crippen molar-refractivity contribution in [2.24, 2.45) is 46.2 Å². The normalized spacial score (nSPS) is 50.2. The minimum absolute atomic E-state index is 0.00584. The van der Waals surface area contributed by atoms with Crippen LogP contribution < -0.4 is 5.73 Å². The Labute approximate surface area is 200 Å². The molecule has 5 heteroatoms. The van der Waals surface area contributed by atoms with Crippen LogP contribution in [0.1, 0.15) is 97.8 Å². The molecule has 0 aromatic carbocycles. The zero-order chi connectivity index (χ0) is 23.4. The van der Waals surface area contributed by atoms with Gasteiger partial charge in [-0.3, -0.25) is 4.79 Å². The zero-order valence-electron chi connectivity index (χ0n) is 21.1.